The molecule has 2 aliphatic heterocycles. The third-order valence-electron chi connectivity index (χ3n) is 11.6. The molecule has 47 heavy (non-hydrogen) atoms. The van der Waals surface area contributed by atoms with Gasteiger partial charge in [-0.2, -0.15) is 0 Å². The van der Waals surface area contributed by atoms with Crippen LogP contribution in [0, 0.1) is 0 Å². The molecule has 7 rings (SSSR count). The van der Waals surface area contributed by atoms with Gasteiger partial charge in [0.1, 0.15) is 0 Å². The van der Waals surface area contributed by atoms with Crippen LogP contribution in [0.1, 0.15) is 104 Å². The van der Waals surface area contributed by atoms with Crippen molar-refractivity contribution in [3.8, 4) is 11.1 Å². The summed E-state index contributed by atoms with van der Waals surface area (Å²) < 4.78 is 26.4. The summed E-state index contributed by atoms with van der Waals surface area (Å²) in [6.07, 6.45) is 0. The quantitative estimate of drug-likeness (QED) is 0.190. The van der Waals surface area contributed by atoms with Crippen molar-refractivity contribution in [1.29, 1.82) is 0 Å². The molecule has 0 aromatic heterocycles. The lowest BCUT2D eigenvalue weighted by atomic mass is 9.65. The lowest BCUT2D eigenvalue weighted by molar-refractivity contribution is 0.00578. The second kappa shape index (κ2) is 10.4. The predicted molar refractivity (Wildman–Crippen MR) is 194 cm³/mol. The number of hydrogen-bond acceptors (Lipinski definition) is 4. The minimum Gasteiger partial charge on any atom is -0.399 e. The minimum absolute atomic E-state index is 0.0395. The zero-order chi connectivity index (χ0) is 33.8. The Bertz CT molecular complexity index is 1720. The topological polar surface area (TPSA) is 36.9 Å². The van der Waals surface area contributed by atoms with Crippen LogP contribution in [0.25, 0.3) is 11.1 Å². The molecule has 2 saturated heterocycles. The number of fused-ring (bicyclic) bond motifs is 3. The van der Waals surface area contributed by atoms with E-state index in [4.69, 9.17) is 18.6 Å². The molecule has 0 saturated carbocycles. The predicted octanol–water partition coefficient (Wildman–Crippen LogP) is 7.95. The van der Waals surface area contributed by atoms with Crippen molar-refractivity contribution < 1.29 is 18.6 Å². The molecule has 0 bridgehead atoms. The van der Waals surface area contributed by atoms with Crippen molar-refractivity contribution in [3.05, 3.63) is 119 Å². The van der Waals surface area contributed by atoms with E-state index in [-0.39, 0.29) is 5.41 Å². The van der Waals surface area contributed by atoms with Crippen molar-refractivity contribution in [2.24, 2.45) is 0 Å². The smallest absolute Gasteiger partial charge is 0.399 e. The van der Waals surface area contributed by atoms with Gasteiger partial charge in [-0.05, 0) is 111 Å². The molecule has 4 aromatic carbocycles. The highest BCUT2D eigenvalue weighted by molar-refractivity contribution is 6.62. The van der Waals surface area contributed by atoms with Crippen LogP contribution >= 0.6 is 0 Å². The van der Waals surface area contributed by atoms with Crippen molar-refractivity contribution in [2.75, 3.05) is 0 Å². The van der Waals surface area contributed by atoms with Gasteiger partial charge in [-0.15, -0.1) is 0 Å². The van der Waals surface area contributed by atoms with Crippen LogP contribution in [0.5, 0.6) is 0 Å². The molecule has 4 nitrogen and oxygen atoms in total. The molecule has 4 aromatic rings. The SMILES string of the molecule is CC(C)(C)c1ccc(C2(c3ccccc3)c3cc(B4OC(C)(C)C(C)(C)O4)ccc3-c3ccc(B4OC(C)(C)C(C)(C)O4)cc32)cc1. The van der Waals surface area contributed by atoms with E-state index in [0.717, 1.165) is 10.9 Å². The lowest BCUT2D eigenvalue weighted by Gasteiger charge is -2.35. The first kappa shape index (κ1) is 32.4. The second-order valence-corrected chi connectivity index (χ2v) is 16.7. The highest BCUT2D eigenvalue weighted by Crippen LogP contribution is 2.56. The van der Waals surface area contributed by atoms with E-state index in [9.17, 15) is 0 Å². The minimum atomic E-state index is -0.596. The fraction of sp³-hybridized carbons (Fsp3) is 0.415. The standard InChI is InChI=1S/C41H48B2O4/c1-36(2,3)27-17-19-29(20-18-27)41(28-15-13-12-14-16-28)34-25-30(42-44-37(4,5)38(6,7)45-42)21-23-32(34)33-24-22-31(26-35(33)41)43-46-39(8,9)40(10,11)47-43/h12-26H,1-11H3. The Morgan fingerprint density at radius 2 is 0.851 bits per heavy atom. The van der Waals surface area contributed by atoms with Gasteiger partial charge in [0, 0.05) is 0 Å². The Kier molecular flexibility index (Phi) is 7.19. The molecule has 2 fully saturated rings. The van der Waals surface area contributed by atoms with Crippen LogP contribution in [-0.2, 0) is 29.4 Å². The van der Waals surface area contributed by atoms with E-state index in [1.807, 2.05) is 0 Å². The summed E-state index contributed by atoms with van der Waals surface area (Å²) in [7, 11) is -0.933. The number of hydrogen-bond donors (Lipinski definition) is 0. The maximum atomic E-state index is 6.59. The first-order valence-corrected chi connectivity index (χ1v) is 17.0. The van der Waals surface area contributed by atoms with Gasteiger partial charge in [0.2, 0.25) is 0 Å². The van der Waals surface area contributed by atoms with E-state index in [0.29, 0.717) is 0 Å². The Morgan fingerprint density at radius 3 is 1.23 bits per heavy atom. The van der Waals surface area contributed by atoms with Gasteiger partial charge in [-0.25, -0.2) is 0 Å². The fourth-order valence-electron chi connectivity index (χ4n) is 7.31. The van der Waals surface area contributed by atoms with E-state index < -0.39 is 42.1 Å². The highest BCUT2D eigenvalue weighted by Gasteiger charge is 2.55. The largest absolute Gasteiger partial charge is 0.494 e. The zero-order valence-electron chi connectivity index (χ0n) is 29.9. The van der Waals surface area contributed by atoms with E-state index in [1.165, 1.54) is 38.9 Å². The third kappa shape index (κ3) is 4.90. The van der Waals surface area contributed by atoms with E-state index >= 15 is 0 Å². The van der Waals surface area contributed by atoms with Gasteiger partial charge in [-0.3, -0.25) is 0 Å². The lowest BCUT2D eigenvalue weighted by Crippen LogP contribution is -2.41. The van der Waals surface area contributed by atoms with Crippen LogP contribution in [-0.4, -0.2) is 36.6 Å². The molecule has 0 amide bonds. The van der Waals surface area contributed by atoms with Gasteiger partial charge < -0.3 is 18.6 Å². The van der Waals surface area contributed by atoms with Gasteiger partial charge in [-0.1, -0.05) is 112 Å². The summed E-state index contributed by atoms with van der Waals surface area (Å²) in [6, 6.07) is 33.7. The molecule has 3 aliphatic rings. The third-order valence-corrected chi connectivity index (χ3v) is 11.6. The summed E-state index contributed by atoms with van der Waals surface area (Å²) in [4.78, 5) is 0. The molecule has 0 N–H and O–H groups in total. The molecule has 0 unspecified atom stereocenters. The molecule has 2 heterocycles. The zero-order valence-corrected chi connectivity index (χ0v) is 29.9. The van der Waals surface area contributed by atoms with Crippen LogP contribution in [0.4, 0.5) is 0 Å². The number of benzene rings is 4. The molecule has 0 radical (unpaired) electrons. The summed E-state index contributed by atoms with van der Waals surface area (Å²) in [5.74, 6) is 0. The Hall–Kier alpha value is -3.15. The Balaban J connectivity index is 1.49. The second-order valence-electron chi connectivity index (χ2n) is 16.7. The van der Waals surface area contributed by atoms with E-state index in [2.05, 4.69) is 167 Å². The van der Waals surface area contributed by atoms with Gasteiger partial charge in [0.05, 0.1) is 27.8 Å². The summed E-state index contributed by atoms with van der Waals surface area (Å²) >= 11 is 0. The summed E-state index contributed by atoms with van der Waals surface area (Å²) in [6.45, 7) is 23.7. The van der Waals surface area contributed by atoms with Crippen molar-refractivity contribution >= 4 is 25.2 Å². The maximum Gasteiger partial charge on any atom is 0.494 e. The highest BCUT2D eigenvalue weighted by atomic mass is 16.7. The van der Waals surface area contributed by atoms with Gasteiger partial charge in [0.15, 0.2) is 0 Å². The average molecular weight is 626 g/mol. The van der Waals surface area contributed by atoms with Crippen molar-refractivity contribution in [1.82, 2.24) is 0 Å². The molecule has 1 aliphatic carbocycles. The van der Waals surface area contributed by atoms with Crippen LogP contribution in [0.2, 0.25) is 0 Å². The van der Waals surface area contributed by atoms with Gasteiger partial charge >= 0.3 is 14.2 Å². The normalized spacial score (nSPS) is 21.5. The summed E-state index contributed by atoms with van der Waals surface area (Å²) in [5.41, 5.74) is 8.35. The first-order chi connectivity index (χ1) is 21.9. The molecule has 0 atom stereocenters. The van der Waals surface area contributed by atoms with Crippen LogP contribution in [0.15, 0.2) is 91.0 Å². The van der Waals surface area contributed by atoms with Gasteiger partial charge in [0.25, 0.3) is 0 Å². The maximum absolute atomic E-state index is 6.59. The molecular formula is C41H48B2O4. The molecular weight excluding hydrogens is 578 g/mol. The van der Waals surface area contributed by atoms with Crippen LogP contribution in [0.3, 0.4) is 0 Å². The first-order valence-electron chi connectivity index (χ1n) is 17.0. The van der Waals surface area contributed by atoms with Crippen molar-refractivity contribution in [2.45, 2.75) is 109 Å². The van der Waals surface area contributed by atoms with Crippen molar-refractivity contribution in [3.63, 3.8) is 0 Å². The fourth-order valence-corrected chi connectivity index (χ4v) is 7.31. The average Bonchev–Trinajstić information content (AvgIpc) is 3.51. The Labute approximate surface area is 282 Å². The molecule has 6 heteroatoms. The van der Waals surface area contributed by atoms with Crippen LogP contribution < -0.4 is 10.9 Å². The number of rotatable bonds is 4. The molecule has 0 spiro atoms. The Morgan fingerprint density at radius 1 is 0.468 bits per heavy atom. The van der Waals surface area contributed by atoms with E-state index in [1.54, 1.807) is 0 Å². The summed E-state index contributed by atoms with van der Waals surface area (Å²) in [5, 5.41) is 0. The molecule has 242 valence electrons. The monoisotopic (exact) mass is 626 g/mol.